The van der Waals surface area contributed by atoms with Gasteiger partial charge >= 0.3 is 0 Å². The molecule has 0 unspecified atom stereocenters. The minimum Gasteiger partial charge on any atom is -0.504 e. The number of benzene rings is 3. The molecule has 36 heavy (non-hydrogen) atoms. The lowest BCUT2D eigenvalue weighted by atomic mass is 10.1. The van der Waals surface area contributed by atoms with Gasteiger partial charge in [0.2, 0.25) is 5.13 Å². The van der Waals surface area contributed by atoms with Crippen molar-refractivity contribution in [2.24, 2.45) is 17.1 Å². The molecule has 0 spiro atoms. The SMILES string of the molecule is Cc1c(N=Cc2ccccc2)/c(=N\Nc2nc(-c3ccc(O)c(O)c3)cs2)n(-c2ccccc2)n1C. The van der Waals surface area contributed by atoms with Gasteiger partial charge in [-0.1, -0.05) is 48.5 Å². The van der Waals surface area contributed by atoms with Crippen LogP contribution in [-0.2, 0) is 7.05 Å². The third kappa shape index (κ3) is 4.64. The number of nitrogens with zero attached hydrogens (tertiary/aromatic N) is 5. The number of phenolic OH excluding ortho intramolecular Hbond substituents is 2. The van der Waals surface area contributed by atoms with Crippen LogP contribution in [0.1, 0.15) is 11.3 Å². The Morgan fingerprint density at radius 1 is 0.944 bits per heavy atom. The number of nitrogens with one attached hydrogen (secondary N) is 1. The maximum atomic E-state index is 9.82. The molecule has 0 radical (unpaired) electrons. The molecule has 2 heterocycles. The van der Waals surface area contributed by atoms with Gasteiger partial charge < -0.3 is 10.2 Å². The molecule has 0 bridgehead atoms. The number of phenols is 2. The molecule has 0 saturated heterocycles. The number of anilines is 1. The van der Waals surface area contributed by atoms with Crippen molar-refractivity contribution in [3.63, 3.8) is 0 Å². The Labute approximate surface area is 211 Å². The maximum absolute atomic E-state index is 9.82. The van der Waals surface area contributed by atoms with Crippen LogP contribution in [0.25, 0.3) is 16.9 Å². The van der Waals surface area contributed by atoms with Gasteiger partial charge in [-0.05, 0) is 42.8 Å². The maximum Gasteiger partial charge on any atom is 0.203 e. The van der Waals surface area contributed by atoms with E-state index in [1.807, 2.05) is 95.6 Å². The van der Waals surface area contributed by atoms with Crippen molar-refractivity contribution in [1.82, 2.24) is 14.3 Å². The summed E-state index contributed by atoms with van der Waals surface area (Å²) >= 11 is 1.39. The minimum absolute atomic E-state index is 0.171. The number of hydrogen-bond donors (Lipinski definition) is 3. The summed E-state index contributed by atoms with van der Waals surface area (Å²) in [5.41, 5.74) is 8.69. The fraction of sp³-hybridized carbons (Fsp3) is 0.0741. The highest BCUT2D eigenvalue weighted by molar-refractivity contribution is 7.14. The minimum atomic E-state index is -0.190. The first-order valence-electron chi connectivity index (χ1n) is 11.2. The summed E-state index contributed by atoms with van der Waals surface area (Å²) in [7, 11) is 1.97. The van der Waals surface area contributed by atoms with Crippen LogP contribution in [-0.4, -0.2) is 30.8 Å². The molecule has 8 nitrogen and oxygen atoms in total. The number of aliphatic imine (C=N–C) groups is 1. The Bertz CT molecular complexity index is 1600. The quantitative estimate of drug-likeness (QED) is 0.168. The number of rotatable bonds is 6. The molecule has 0 aliphatic rings. The first-order valence-corrected chi connectivity index (χ1v) is 12.1. The molecule has 2 aromatic heterocycles. The van der Waals surface area contributed by atoms with Crippen LogP contribution in [0.4, 0.5) is 10.8 Å². The lowest BCUT2D eigenvalue weighted by molar-refractivity contribution is 0.404. The zero-order valence-electron chi connectivity index (χ0n) is 19.7. The summed E-state index contributed by atoms with van der Waals surface area (Å²) in [6.45, 7) is 2.01. The molecule has 5 aromatic rings. The molecule has 0 fully saturated rings. The van der Waals surface area contributed by atoms with E-state index in [2.05, 4.69) is 10.4 Å². The van der Waals surface area contributed by atoms with E-state index in [1.54, 1.807) is 6.07 Å². The van der Waals surface area contributed by atoms with E-state index in [0.29, 0.717) is 21.9 Å². The number of thiazole rings is 1. The standard InChI is InChI=1S/C27H24N6O2S/c1-18-25(28-16-19-9-5-3-6-10-19)26(33(32(18)2)21-11-7-4-8-12-21)30-31-27-29-22(17-36-27)20-13-14-23(34)24(35)15-20/h3-17,34-35H,1-2H3,(H,29,31)/b28-16?,30-26+. The Balaban J connectivity index is 1.56. The van der Waals surface area contributed by atoms with Gasteiger partial charge in [-0.25, -0.2) is 9.67 Å². The Kier molecular flexibility index (Phi) is 6.38. The first kappa shape index (κ1) is 23.1. The van der Waals surface area contributed by atoms with Crippen molar-refractivity contribution in [1.29, 1.82) is 0 Å². The summed E-state index contributed by atoms with van der Waals surface area (Å²) in [6, 6.07) is 24.5. The van der Waals surface area contributed by atoms with E-state index in [9.17, 15) is 10.2 Å². The van der Waals surface area contributed by atoms with Crippen LogP contribution in [0, 0.1) is 6.92 Å². The van der Waals surface area contributed by atoms with Crippen LogP contribution >= 0.6 is 11.3 Å². The van der Waals surface area contributed by atoms with Gasteiger partial charge in [0.05, 0.1) is 17.1 Å². The molecule has 5 rings (SSSR count). The molecular weight excluding hydrogens is 472 g/mol. The van der Waals surface area contributed by atoms with E-state index >= 15 is 0 Å². The van der Waals surface area contributed by atoms with Gasteiger partial charge in [-0.3, -0.25) is 15.1 Å². The summed E-state index contributed by atoms with van der Waals surface area (Å²) in [4.78, 5) is 9.38. The van der Waals surface area contributed by atoms with Crippen molar-refractivity contribution >= 4 is 28.4 Å². The number of aromatic hydroxyl groups is 2. The summed E-state index contributed by atoms with van der Waals surface area (Å²) < 4.78 is 4.01. The van der Waals surface area contributed by atoms with Crippen molar-refractivity contribution in [3.8, 4) is 28.4 Å². The third-order valence-corrected chi connectivity index (χ3v) is 6.46. The van der Waals surface area contributed by atoms with E-state index in [4.69, 9.17) is 10.1 Å². The second kappa shape index (κ2) is 9.93. The van der Waals surface area contributed by atoms with Gasteiger partial charge in [-0.15, -0.1) is 11.3 Å². The molecule has 180 valence electrons. The van der Waals surface area contributed by atoms with Crippen molar-refractivity contribution in [2.75, 3.05) is 5.43 Å². The molecule has 3 aromatic carbocycles. The summed E-state index contributed by atoms with van der Waals surface area (Å²) in [5, 5.41) is 26.6. The first-order chi connectivity index (χ1) is 17.5. The molecule has 3 N–H and O–H groups in total. The molecule has 0 aliphatic carbocycles. The van der Waals surface area contributed by atoms with Crippen molar-refractivity contribution in [2.45, 2.75) is 6.92 Å². The molecule has 0 aliphatic heterocycles. The van der Waals surface area contributed by atoms with E-state index in [1.165, 1.54) is 23.5 Å². The van der Waals surface area contributed by atoms with Crippen molar-refractivity contribution < 1.29 is 10.2 Å². The predicted octanol–water partition coefficient (Wildman–Crippen LogP) is 5.34. The topological polar surface area (TPSA) is 100.0 Å². The number of hydrogen-bond acceptors (Lipinski definition) is 7. The van der Waals surface area contributed by atoms with E-state index < -0.39 is 0 Å². The monoisotopic (exact) mass is 496 g/mol. The van der Waals surface area contributed by atoms with Crippen LogP contribution < -0.4 is 10.9 Å². The molecular formula is C27H24N6O2S. The van der Waals surface area contributed by atoms with E-state index in [0.717, 1.165) is 22.6 Å². The average molecular weight is 497 g/mol. The molecule has 0 saturated carbocycles. The van der Waals surface area contributed by atoms with Crippen LogP contribution in [0.2, 0.25) is 0 Å². The van der Waals surface area contributed by atoms with E-state index in [-0.39, 0.29) is 11.5 Å². The number of para-hydroxylation sites is 1. The predicted molar refractivity (Wildman–Crippen MR) is 143 cm³/mol. The lowest BCUT2D eigenvalue weighted by Gasteiger charge is -2.09. The van der Waals surface area contributed by atoms with Crippen LogP contribution in [0.3, 0.4) is 0 Å². The van der Waals surface area contributed by atoms with Gasteiger partial charge in [-0.2, -0.15) is 5.10 Å². The molecule has 9 heteroatoms. The fourth-order valence-electron chi connectivity index (χ4n) is 3.74. The van der Waals surface area contributed by atoms with Gasteiger partial charge in [0, 0.05) is 24.2 Å². The zero-order valence-corrected chi connectivity index (χ0v) is 20.5. The normalized spacial score (nSPS) is 11.9. The fourth-order valence-corrected chi connectivity index (χ4v) is 4.40. The molecule has 0 atom stereocenters. The van der Waals surface area contributed by atoms with Crippen LogP contribution in [0.15, 0.2) is 94.3 Å². The second-order valence-electron chi connectivity index (χ2n) is 8.06. The van der Waals surface area contributed by atoms with Crippen LogP contribution in [0.5, 0.6) is 11.5 Å². The summed E-state index contributed by atoms with van der Waals surface area (Å²) in [5.74, 6) is -0.361. The number of aromatic nitrogens is 3. The highest BCUT2D eigenvalue weighted by Crippen LogP contribution is 2.32. The third-order valence-electron chi connectivity index (χ3n) is 5.72. The van der Waals surface area contributed by atoms with Gasteiger partial charge in [0.1, 0.15) is 5.69 Å². The average Bonchev–Trinajstić information content (AvgIpc) is 3.47. The Hall–Kier alpha value is -4.63. The Morgan fingerprint density at radius 3 is 2.39 bits per heavy atom. The lowest BCUT2D eigenvalue weighted by Crippen LogP contribution is -2.22. The largest absolute Gasteiger partial charge is 0.504 e. The Morgan fingerprint density at radius 2 is 1.67 bits per heavy atom. The summed E-state index contributed by atoms with van der Waals surface area (Å²) in [6.07, 6.45) is 1.83. The molecule has 0 amide bonds. The van der Waals surface area contributed by atoms with Gasteiger partial charge in [0.25, 0.3) is 0 Å². The van der Waals surface area contributed by atoms with Crippen molar-refractivity contribution in [3.05, 3.63) is 101 Å². The second-order valence-corrected chi connectivity index (χ2v) is 8.92. The highest BCUT2D eigenvalue weighted by atomic mass is 32.1. The smallest absolute Gasteiger partial charge is 0.203 e. The zero-order chi connectivity index (χ0) is 25.1. The highest BCUT2D eigenvalue weighted by Gasteiger charge is 2.15. The van der Waals surface area contributed by atoms with Gasteiger partial charge in [0.15, 0.2) is 17.0 Å².